The van der Waals surface area contributed by atoms with Crippen LogP contribution in [0.3, 0.4) is 0 Å². The van der Waals surface area contributed by atoms with E-state index in [9.17, 15) is 0 Å². The standard InChI is InChI=1S/C12H26O2Si.C5H10.2CH3.Fe/c1-15(2,3)12-7-4-6-11(12)10-14-9-5-8-13;1-2-4-5-3-1;;;/h11-13H,4-10H2,1-3H3;1-5H2;2*1H3;/q;;2*-1;+2. The van der Waals surface area contributed by atoms with Crippen LogP contribution in [-0.4, -0.2) is 33.0 Å². The Bertz CT molecular complexity index is 232. The molecule has 2 atom stereocenters. The fraction of sp³-hybridized carbons (Fsp3) is 0.895. The fourth-order valence-corrected chi connectivity index (χ4v) is 6.41. The zero-order valence-electron chi connectivity index (χ0n) is 16.3. The molecule has 0 saturated heterocycles. The van der Waals surface area contributed by atoms with Crippen molar-refractivity contribution in [1.29, 1.82) is 0 Å². The summed E-state index contributed by atoms with van der Waals surface area (Å²) in [5, 5.41) is 8.67. The SMILES string of the molecule is C1CCCC1.C[Si](C)(C)C1CCCC1COCCCO.[CH3-].[CH3-].[Fe+2]. The van der Waals surface area contributed by atoms with Gasteiger partial charge >= 0.3 is 17.1 Å². The van der Waals surface area contributed by atoms with E-state index >= 15 is 0 Å². The van der Waals surface area contributed by atoms with Crippen LogP contribution in [0.1, 0.15) is 57.8 Å². The Morgan fingerprint density at radius 3 is 1.87 bits per heavy atom. The first-order valence-corrected chi connectivity index (χ1v) is 12.3. The van der Waals surface area contributed by atoms with E-state index in [4.69, 9.17) is 9.84 Å². The van der Waals surface area contributed by atoms with E-state index in [0.717, 1.165) is 31.1 Å². The average Bonchev–Trinajstić information content (AvgIpc) is 3.07. The molecule has 142 valence electrons. The topological polar surface area (TPSA) is 29.5 Å². The normalized spacial score (nSPS) is 23.0. The molecule has 0 amide bonds. The first kappa shape index (κ1) is 28.5. The van der Waals surface area contributed by atoms with Crippen LogP contribution >= 0.6 is 0 Å². The molecule has 2 saturated carbocycles. The molecule has 2 unspecified atom stereocenters. The summed E-state index contributed by atoms with van der Waals surface area (Å²) in [5.41, 5.74) is 0.951. The Morgan fingerprint density at radius 1 is 0.913 bits per heavy atom. The van der Waals surface area contributed by atoms with Crippen LogP contribution in [0.25, 0.3) is 0 Å². The Morgan fingerprint density at radius 2 is 1.43 bits per heavy atom. The van der Waals surface area contributed by atoms with Crippen LogP contribution < -0.4 is 0 Å². The molecule has 0 radical (unpaired) electrons. The molecule has 0 aromatic rings. The summed E-state index contributed by atoms with van der Waals surface area (Å²) in [4.78, 5) is 0. The number of aliphatic hydroxyl groups excluding tert-OH is 1. The van der Waals surface area contributed by atoms with Gasteiger partial charge in [-0.1, -0.05) is 64.6 Å². The molecule has 2 rings (SSSR count). The molecule has 23 heavy (non-hydrogen) atoms. The van der Waals surface area contributed by atoms with Crippen molar-refractivity contribution < 1.29 is 26.9 Å². The molecule has 0 bridgehead atoms. The Balaban J connectivity index is -0.000000431. The van der Waals surface area contributed by atoms with Crippen LogP contribution in [0, 0.1) is 20.8 Å². The summed E-state index contributed by atoms with van der Waals surface area (Å²) in [6.45, 7) is 9.33. The van der Waals surface area contributed by atoms with Gasteiger partial charge in [0.05, 0.1) is 0 Å². The maximum absolute atomic E-state index is 8.67. The van der Waals surface area contributed by atoms with Crippen molar-refractivity contribution in [1.82, 2.24) is 0 Å². The van der Waals surface area contributed by atoms with E-state index in [1.807, 2.05) is 0 Å². The van der Waals surface area contributed by atoms with Crippen LogP contribution in [0.2, 0.25) is 25.2 Å². The molecule has 0 aromatic heterocycles. The first-order chi connectivity index (χ1) is 9.55. The quantitative estimate of drug-likeness (QED) is 0.358. The van der Waals surface area contributed by atoms with Crippen LogP contribution in [0.5, 0.6) is 0 Å². The van der Waals surface area contributed by atoms with Crippen molar-refractivity contribution in [3.63, 3.8) is 0 Å². The largest absolute Gasteiger partial charge is 2.00 e. The summed E-state index contributed by atoms with van der Waals surface area (Å²) in [6, 6.07) is 0. The first-order valence-electron chi connectivity index (χ1n) is 8.74. The van der Waals surface area contributed by atoms with E-state index in [0.29, 0.717) is 0 Å². The van der Waals surface area contributed by atoms with E-state index in [2.05, 4.69) is 19.6 Å². The average molecular weight is 386 g/mol. The molecule has 4 heteroatoms. The third-order valence-corrected chi connectivity index (χ3v) is 7.78. The molecule has 0 spiro atoms. The second kappa shape index (κ2) is 16.1. The van der Waals surface area contributed by atoms with Gasteiger partial charge in [0.2, 0.25) is 0 Å². The van der Waals surface area contributed by atoms with Crippen LogP contribution in [0.15, 0.2) is 0 Å². The fourth-order valence-electron chi connectivity index (χ4n) is 3.66. The van der Waals surface area contributed by atoms with Gasteiger partial charge in [0.25, 0.3) is 0 Å². The maximum Gasteiger partial charge on any atom is 2.00 e. The minimum absolute atomic E-state index is 0. The van der Waals surface area contributed by atoms with Crippen LogP contribution in [-0.2, 0) is 21.8 Å². The predicted molar refractivity (Wildman–Crippen MR) is 103 cm³/mol. The summed E-state index contributed by atoms with van der Waals surface area (Å²) in [6.07, 6.45) is 12.4. The molecule has 2 aliphatic rings. The molecule has 2 aliphatic carbocycles. The van der Waals surface area contributed by atoms with Gasteiger partial charge in [0.1, 0.15) is 0 Å². The molecular formula is C19H42FeO2Si. The van der Waals surface area contributed by atoms with E-state index < -0.39 is 8.07 Å². The maximum atomic E-state index is 8.67. The number of hydrogen-bond acceptors (Lipinski definition) is 2. The molecule has 2 fully saturated rings. The Kier molecular flexibility index (Phi) is 20.0. The Hall–Kier alpha value is 0.656. The van der Waals surface area contributed by atoms with Gasteiger partial charge < -0.3 is 24.7 Å². The zero-order chi connectivity index (χ0) is 14.8. The molecule has 0 heterocycles. The number of hydrogen-bond donors (Lipinski definition) is 1. The second-order valence-corrected chi connectivity index (χ2v) is 13.1. The molecular weight excluding hydrogens is 344 g/mol. The number of ether oxygens (including phenoxy) is 1. The van der Waals surface area contributed by atoms with Gasteiger partial charge in [-0.3, -0.25) is 0 Å². The molecule has 0 aromatic carbocycles. The third kappa shape index (κ3) is 12.6. The second-order valence-electron chi connectivity index (χ2n) is 7.58. The van der Waals surface area contributed by atoms with Gasteiger partial charge in [-0.25, -0.2) is 0 Å². The van der Waals surface area contributed by atoms with Crippen molar-refractivity contribution in [3.8, 4) is 0 Å². The van der Waals surface area contributed by atoms with Gasteiger partial charge in [-0.15, -0.1) is 0 Å². The summed E-state index contributed by atoms with van der Waals surface area (Å²) in [7, 11) is -0.985. The molecule has 2 nitrogen and oxygen atoms in total. The summed E-state index contributed by atoms with van der Waals surface area (Å²) < 4.78 is 5.65. The van der Waals surface area contributed by atoms with Gasteiger partial charge in [0, 0.05) is 27.9 Å². The minimum atomic E-state index is -0.985. The predicted octanol–water partition coefficient (Wildman–Crippen LogP) is 5.74. The van der Waals surface area contributed by atoms with Crippen molar-refractivity contribution >= 4 is 8.07 Å². The zero-order valence-corrected chi connectivity index (χ0v) is 18.5. The monoisotopic (exact) mass is 386 g/mol. The van der Waals surface area contributed by atoms with Gasteiger partial charge in [-0.05, 0) is 24.3 Å². The van der Waals surface area contributed by atoms with E-state index in [1.54, 1.807) is 0 Å². The minimum Gasteiger partial charge on any atom is -0.396 e. The summed E-state index contributed by atoms with van der Waals surface area (Å²) >= 11 is 0. The van der Waals surface area contributed by atoms with Gasteiger partial charge in [-0.2, -0.15) is 0 Å². The number of rotatable bonds is 6. The van der Waals surface area contributed by atoms with Crippen LogP contribution in [0.4, 0.5) is 0 Å². The molecule has 0 aliphatic heterocycles. The smallest absolute Gasteiger partial charge is 0.396 e. The van der Waals surface area contributed by atoms with Gasteiger partial charge in [0.15, 0.2) is 0 Å². The van der Waals surface area contributed by atoms with Crippen molar-refractivity contribution in [3.05, 3.63) is 14.9 Å². The van der Waals surface area contributed by atoms with Crippen molar-refractivity contribution in [2.75, 3.05) is 19.8 Å². The van der Waals surface area contributed by atoms with E-state index in [1.165, 1.54) is 51.4 Å². The Labute approximate surface area is 158 Å². The van der Waals surface area contributed by atoms with Crippen molar-refractivity contribution in [2.45, 2.75) is 83.0 Å². The number of aliphatic hydroxyl groups is 1. The summed E-state index contributed by atoms with van der Waals surface area (Å²) in [5.74, 6) is 0.801. The van der Waals surface area contributed by atoms with E-state index in [-0.39, 0.29) is 38.5 Å². The van der Waals surface area contributed by atoms with Crippen molar-refractivity contribution in [2.24, 2.45) is 5.92 Å². The third-order valence-electron chi connectivity index (χ3n) is 4.80. The molecule has 1 N–H and O–H groups in total.